The molecule has 0 aliphatic rings. The summed E-state index contributed by atoms with van der Waals surface area (Å²) in [4.78, 5) is 14.8. The molecule has 3 nitrogen and oxygen atoms in total. The molecule has 0 aliphatic carbocycles. The van der Waals surface area contributed by atoms with Gasteiger partial charge >= 0.3 is 0 Å². The Bertz CT molecular complexity index is 831. The van der Waals surface area contributed by atoms with Gasteiger partial charge in [0.1, 0.15) is 0 Å². The molecule has 116 valence electrons. The molecule has 0 radical (unpaired) electrons. The highest BCUT2D eigenvalue weighted by Gasteiger charge is 2.05. The maximum atomic E-state index is 11.5. The molecule has 0 amide bonds. The smallest absolute Gasteiger partial charge is 0.154 e. The van der Waals surface area contributed by atoms with E-state index in [0.29, 0.717) is 0 Å². The van der Waals surface area contributed by atoms with Crippen molar-refractivity contribution in [3.8, 4) is 0 Å². The van der Waals surface area contributed by atoms with Crippen molar-refractivity contribution in [2.75, 3.05) is 6.54 Å². The highest BCUT2D eigenvalue weighted by atomic mass is 16.1. The summed E-state index contributed by atoms with van der Waals surface area (Å²) in [5.74, 6) is 0.0449. The van der Waals surface area contributed by atoms with Crippen LogP contribution in [0.4, 0.5) is 0 Å². The van der Waals surface area contributed by atoms with Crippen LogP contribution in [0, 0.1) is 0 Å². The van der Waals surface area contributed by atoms with E-state index in [1.165, 1.54) is 10.9 Å². The van der Waals surface area contributed by atoms with E-state index in [2.05, 4.69) is 34.7 Å². The largest absolute Gasteiger partial charge is 0.384 e. The van der Waals surface area contributed by atoms with Crippen molar-refractivity contribution in [3.05, 3.63) is 78.0 Å². The minimum Gasteiger partial charge on any atom is -0.384 e. The first-order chi connectivity index (χ1) is 11.2. The molecular formula is C20H20N2O. The quantitative estimate of drug-likeness (QED) is 0.678. The minimum absolute atomic E-state index is 0.0449. The molecule has 2 aromatic carbocycles. The Hall–Kier alpha value is -2.81. The van der Waals surface area contributed by atoms with E-state index in [-0.39, 0.29) is 5.78 Å². The highest BCUT2D eigenvalue weighted by molar-refractivity contribution is 5.94. The van der Waals surface area contributed by atoms with Crippen molar-refractivity contribution in [2.45, 2.75) is 13.3 Å². The number of hydrogen-bond donors (Lipinski definition) is 2. The van der Waals surface area contributed by atoms with Gasteiger partial charge < -0.3 is 10.3 Å². The Labute approximate surface area is 136 Å². The second kappa shape index (κ2) is 6.97. The fourth-order valence-corrected chi connectivity index (χ4v) is 2.73. The molecule has 1 aromatic heterocycles. The molecule has 0 atom stereocenters. The number of carbonyl (C=O) groups excluding carboxylic acids is 1. The monoisotopic (exact) mass is 304 g/mol. The summed E-state index contributed by atoms with van der Waals surface area (Å²) in [7, 11) is 0. The summed E-state index contributed by atoms with van der Waals surface area (Å²) in [5.41, 5.74) is 4.34. The lowest BCUT2D eigenvalue weighted by atomic mass is 10.1. The van der Waals surface area contributed by atoms with Crippen LogP contribution >= 0.6 is 0 Å². The Morgan fingerprint density at radius 1 is 1.09 bits per heavy atom. The standard InChI is InChI=1S/C20H20N2O/c1-15(23)13-20(16-7-3-2-4-8-16)21-12-11-17-14-22-19-10-6-5-9-18(17)19/h2-10,13-14,21-22H,11-12H2,1H3/b20-13+. The molecule has 3 heteroatoms. The number of aromatic amines is 1. The summed E-state index contributed by atoms with van der Waals surface area (Å²) in [6.45, 7) is 2.35. The summed E-state index contributed by atoms with van der Waals surface area (Å²) in [6, 6.07) is 18.2. The van der Waals surface area contributed by atoms with Gasteiger partial charge in [0.2, 0.25) is 0 Å². The van der Waals surface area contributed by atoms with Crippen LogP contribution in [-0.2, 0) is 11.2 Å². The lowest BCUT2D eigenvalue weighted by Gasteiger charge is -2.11. The number of nitrogens with one attached hydrogen (secondary N) is 2. The number of para-hydroxylation sites is 1. The van der Waals surface area contributed by atoms with Crippen LogP contribution in [0.15, 0.2) is 66.9 Å². The van der Waals surface area contributed by atoms with Gasteiger partial charge in [-0.3, -0.25) is 4.79 Å². The van der Waals surface area contributed by atoms with E-state index in [1.54, 1.807) is 13.0 Å². The molecule has 0 bridgehead atoms. The average Bonchev–Trinajstić information content (AvgIpc) is 2.98. The summed E-state index contributed by atoms with van der Waals surface area (Å²) in [5, 5.41) is 4.65. The lowest BCUT2D eigenvalue weighted by Crippen LogP contribution is -2.16. The predicted octanol–water partition coefficient (Wildman–Crippen LogP) is 3.93. The van der Waals surface area contributed by atoms with Crippen LogP contribution in [0.3, 0.4) is 0 Å². The molecule has 3 aromatic rings. The van der Waals surface area contributed by atoms with Crippen molar-refractivity contribution in [1.82, 2.24) is 10.3 Å². The normalized spacial score (nSPS) is 11.6. The molecule has 0 fully saturated rings. The van der Waals surface area contributed by atoms with Crippen molar-refractivity contribution in [3.63, 3.8) is 0 Å². The van der Waals surface area contributed by atoms with Gasteiger partial charge in [-0.1, -0.05) is 48.5 Å². The first-order valence-electron chi connectivity index (χ1n) is 7.80. The number of hydrogen-bond acceptors (Lipinski definition) is 2. The second-order valence-electron chi connectivity index (χ2n) is 5.57. The molecule has 0 saturated carbocycles. The average molecular weight is 304 g/mol. The topological polar surface area (TPSA) is 44.9 Å². The van der Waals surface area contributed by atoms with Gasteiger partial charge in [0, 0.05) is 35.4 Å². The number of H-pyrrole nitrogens is 1. The number of aromatic nitrogens is 1. The zero-order chi connectivity index (χ0) is 16.1. The van der Waals surface area contributed by atoms with Crippen LogP contribution in [0.2, 0.25) is 0 Å². The summed E-state index contributed by atoms with van der Waals surface area (Å²) in [6.07, 6.45) is 4.61. The van der Waals surface area contributed by atoms with Crippen molar-refractivity contribution in [1.29, 1.82) is 0 Å². The van der Waals surface area contributed by atoms with Crippen molar-refractivity contribution in [2.24, 2.45) is 0 Å². The molecule has 3 rings (SSSR count). The van der Waals surface area contributed by atoms with E-state index in [9.17, 15) is 4.79 Å². The van der Waals surface area contributed by atoms with E-state index < -0.39 is 0 Å². The Morgan fingerprint density at radius 2 is 1.83 bits per heavy atom. The van der Waals surface area contributed by atoms with Crippen LogP contribution in [-0.4, -0.2) is 17.3 Å². The highest BCUT2D eigenvalue weighted by Crippen LogP contribution is 2.18. The van der Waals surface area contributed by atoms with E-state index in [1.807, 2.05) is 36.4 Å². The Morgan fingerprint density at radius 3 is 2.61 bits per heavy atom. The van der Waals surface area contributed by atoms with E-state index in [0.717, 1.165) is 29.7 Å². The van der Waals surface area contributed by atoms with Gasteiger partial charge in [0.15, 0.2) is 5.78 Å². The number of ketones is 1. The van der Waals surface area contributed by atoms with Gasteiger partial charge in [-0.15, -0.1) is 0 Å². The third-order valence-electron chi connectivity index (χ3n) is 3.82. The fraction of sp³-hybridized carbons (Fsp3) is 0.150. The molecule has 23 heavy (non-hydrogen) atoms. The molecule has 0 aliphatic heterocycles. The lowest BCUT2D eigenvalue weighted by molar-refractivity contribution is -0.112. The van der Waals surface area contributed by atoms with Crippen LogP contribution < -0.4 is 5.32 Å². The number of allylic oxidation sites excluding steroid dienone is 1. The van der Waals surface area contributed by atoms with Crippen LogP contribution in [0.1, 0.15) is 18.1 Å². The maximum absolute atomic E-state index is 11.5. The van der Waals surface area contributed by atoms with E-state index >= 15 is 0 Å². The predicted molar refractivity (Wildman–Crippen MR) is 95.1 cm³/mol. The first-order valence-corrected chi connectivity index (χ1v) is 7.80. The summed E-state index contributed by atoms with van der Waals surface area (Å²) >= 11 is 0. The molecule has 1 heterocycles. The number of benzene rings is 2. The molecule has 0 unspecified atom stereocenters. The zero-order valence-electron chi connectivity index (χ0n) is 13.2. The van der Waals surface area contributed by atoms with Crippen LogP contribution in [0.25, 0.3) is 16.6 Å². The van der Waals surface area contributed by atoms with Crippen LogP contribution in [0.5, 0.6) is 0 Å². The zero-order valence-corrected chi connectivity index (χ0v) is 13.2. The Kier molecular flexibility index (Phi) is 4.57. The van der Waals surface area contributed by atoms with Gasteiger partial charge in [-0.2, -0.15) is 0 Å². The molecule has 0 saturated heterocycles. The number of carbonyl (C=O) groups is 1. The third kappa shape index (κ3) is 3.69. The molecule has 2 N–H and O–H groups in total. The summed E-state index contributed by atoms with van der Waals surface area (Å²) < 4.78 is 0. The van der Waals surface area contributed by atoms with Gasteiger partial charge in [-0.05, 0) is 30.5 Å². The van der Waals surface area contributed by atoms with Crippen molar-refractivity contribution < 1.29 is 4.79 Å². The van der Waals surface area contributed by atoms with E-state index in [4.69, 9.17) is 0 Å². The Balaban J connectivity index is 1.71. The van der Waals surface area contributed by atoms with Gasteiger partial charge in [0.25, 0.3) is 0 Å². The first kappa shape index (κ1) is 15.1. The number of fused-ring (bicyclic) bond motifs is 1. The van der Waals surface area contributed by atoms with Gasteiger partial charge in [0.05, 0.1) is 0 Å². The molecular weight excluding hydrogens is 284 g/mol. The minimum atomic E-state index is 0.0449. The maximum Gasteiger partial charge on any atom is 0.154 e. The SMILES string of the molecule is CC(=O)/C=C(/NCCc1c[nH]c2ccccc12)c1ccccc1. The third-order valence-corrected chi connectivity index (χ3v) is 3.82. The van der Waals surface area contributed by atoms with Gasteiger partial charge in [-0.25, -0.2) is 0 Å². The second-order valence-corrected chi connectivity index (χ2v) is 5.57. The molecule has 0 spiro atoms. The van der Waals surface area contributed by atoms with Crippen molar-refractivity contribution >= 4 is 22.4 Å². The number of rotatable bonds is 6. The fourth-order valence-electron chi connectivity index (χ4n) is 2.73.